The lowest BCUT2D eigenvalue weighted by molar-refractivity contribution is 0.389. The molecule has 0 nitrogen and oxygen atoms in total. The summed E-state index contributed by atoms with van der Waals surface area (Å²) >= 11 is 0. The summed E-state index contributed by atoms with van der Waals surface area (Å²) in [4.78, 5) is 0. The second-order valence-electron chi connectivity index (χ2n) is 6.66. The SMILES string of the molecule is CC(C)(C)C1=C(C(C)(C)C)CCCC1. The Labute approximate surface area is 89.8 Å². The molecule has 0 aromatic heterocycles. The highest BCUT2D eigenvalue weighted by Gasteiger charge is 2.29. The van der Waals surface area contributed by atoms with Crippen molar-refractivity contribution in [3.8, 4) is 0 Å². The van der Waals surface area contributed by atoms with Crippen LogP contribution in [0.15, 0.2) is 11.1 Å². The Morgan fingerprint density at radius 2 is 0.929 bits per heavy atom. The third-order valence-electron chi connectivity index (χ3n) is 3.28. The Bertz CT molecular complexity index is 204. The number of allylic oxidation sites excluding steroid dienone is 2. The predicted molar refractivity (Wildman–Crippen MR) is 64.4 cm³/mol. The van der Waals surface area contributed by atoms with Crippen LogP contribution in [0.25, 0.3) is 0 Å². The minimum atomic E-state index is 0.378. The van der Waals surface area contributed by atoms with E-state index in [1.165, 1.54) is 25.7 Å². The molecule has 14 heavy (non-hydrogen) atoms. The van der Waals surface area contributed by atoms with E-state index in [2.05, 4.69) is 41.5 Å². The third kappa shape index (κ3) is 2.62. The van der Waals surface area contributed by atoms with Crippen LogP contribution >= 0.6 is 0 Å². The highest BCUT2D eigenvalue weighted by Crippen LogP contribution is 2.44. The normalized spacial score (nSPS) is 20.1. The van der Waals surface area contributed by atoms with E-state index < -0.39 is 0 Å². The Kier molecular flexibility index (Phi) is 3.13. The van der Waals surface area contributed by atoms with Gasteiger partial charge in [0, 0.05) is 0 Å². The quantitative estimate of drug-likeness (QED) is 0.479. The first-order valence-electron chi connectivity index (χ1n) is 5.96. The van der Waals surface area contributed by atoms with Gasteiger partial charge in [0.25, 0.3) is 0 Å². The average molecular weight is 194 g/mol. The smallest absolute Gasteiger partial charge is 0.0170 e. The molecule has 0 fully saturated rings. The highest BCUT2D eigenvalue weighted by molar-refractivity contribution is 5.26. The predicted octanol–water partition coefficient (Wildman–Crippen LogP) is 4.95. The van der Waals surface area contributed by atoms with E-state index in [0.717, 1.165) is 0 Å². The van der Waals surface area contributed by atoms with Gasteiger partial charge in [0.1, 0.15) is 0 Å². The van der Waals surface area contributed by atoms with Gasteiger partial charge < -0.3 is 0 Å². The largest absolute Gasteiger partial charge is 0.0651 e. The average Bonchev–Trinajstić information content (AvgIpc) is 2.01. The Balaban J connectivity index is 3.10. The molecular weight excluding hydrogens is 168 g/mol. The van der Waals surface area contributed by atoms with E-state index >= 15 is 0 Å². The molecule has 0 saturated heterocycles. The summed E-state index contributed by atoms with van der Waals surface area (Å²) in [5.41, 5.74) is 4.22. The number of hydrogen-bond donors (Lipinski definition) is 0. The van der Waals surface area contributed by atoms with Crippen molar-refractivity contribution in [3.05, 3.63) is 11.1 Å². The maximum atomic E-state index is 2.36. The zero-order valence-electron chi connectivity index (χ0n) is 10.8. The molecule has 0 amide bonds. The van der Waals surface area contributed by atoms with Crippen molar-refractivity contribution < 1.29 is 0 Å². The zero-order valence-corrected chi connectivity index (χ0v) is 10.8. The molecule has 0 radical (unpaired) electrons. The first kappa shape index (κ1) is 11.8. The van der Waals surface area contributed by atoms with Crippen molar-refractivity contribution in [1.29, 1.82) is 0 Å². The minimum Gasteiger partial charge on any atom is -0.0651 e. The molecular formula is C14H26. The molecule has 0 unspecified atom stereocenters. The fourth-order valence-electron chi connectivity index (χ4n) is 2.56. The maximum absolute atomic E-state index is 2.36. The van der Waals surface area contributed by atoms with Gasteiger partial charge in [-0.1, -0.05) is 52.7 Å². The van der Waals surface area contributed by atoms with Crippen LogP contribution in [0.3, 0.4) is 0 Å². The van der Waals surface area contributed by atoms with E-state index in [4.69, 9.17) is 0 Å². The van der Waals surface area contributed by atoms with E-state index in [9.17, 15) is 0 Å². The zero-order chi connectivity index (χ0) is 11.0. The van der Waals surface area contributed by atoms with Crippen molar-refractivity contribution in [1.82, 2.24) is 0 Å². The summed E-state index contributed by atoms with van der Waals surface area (Å²) in [6.45, 7) is 14.2. The van der Waals surface area contributed by atoms with Gasteiger partial charge in [0.05, 0.1) is 0 Å². The van der Waals surface area contributed by atoms with Crippen LogP contribution in [0.4, 0.5) is 0 Å². The molecule has 1 aliphatic rings. The van der Waals surface area contributed by atoms with Crippen LogP contribution in [0.2, 0.25) is 0 Å². The molecule has 0 saturated carbocycles. The summed E-state index contributed by atoms with van der Waals surface area (Å²) in [6, 6.07) is 0. The second-order valence-corrected chi connectivity index (χ2v) is 6.66. The lowest BCUT2D eigenvalue weighted by atomic mass is 9.69. The van der Waals surface area contributed by atoms with Gasteiger partial charge in [-0.25, -0.2) is 0 Å². The third-order valence-corrected chi connectivity index (χ3v) is 3.28. The fourth-order valence-corrected chi connectivity index (χ4v) is 2.56. The summed E-state index contributed by atoms with van der Waals surface area (Å²) in [6.07, 6.45) is 5.45. The lowest BCUT2D eigenvalue weighted by Gasteiger charge is -2.36. The topological polar surface area (TPSA) is 0 Å². The van der Waals surface area contributed by atoms with Crippen molar-refractivity contribution in [2.75, 3.05) is 0 Å². The standard InChI is InChI=1S/C14H26/c1-13(2,3)11-9-7-8-10-12(11)14(4,5)6/h7-10H2,1-6H3. The van der Waals surface area contributed by atoms with Crippen molar-refractivity contribution in [2.24, 2.45) is 10.8 Å². The van der Waals surface area contributed by atoms with E-state index in [1.807, 2.05) is 0 Å². The summed E-state index contributed by atoms with van der Waals surface area (Å²) in [7, 11) is 0. The van der Waals surface area contributed by atoms with E-state index in [0.29, 0.717) is 10.8 Å². The van der Waals surface area contributed by atoms with Crippen molar-refractivity contribution in [2.45, 2.75) is 67.2 Å². The van der Waals surface area contributed by atoms with Crippen LogP contribution in [-0.4, -0.2) is 0 Å². The van der Waals surface area contributed by atoms with Crippen LogP contribution < -0.4 is 0 Å². The molecule has 1 aliphatic carbocycles. The van der Waals surface area contributed by atoms with Gasteiger partial charge in [0.15, 0.2) is 0 Å². The number of rotatable bonds is 0. The van der Waals surface area contributed by atoms with E-state index in [-0.39, 0.29) is 0 Å². The van der Waals surface area contributed by atoms with Crippen molar-refractivity contribution in [3.63, 3.8) is 0 Å². The monoisotopic (exact) mass is 194 g/mol. The van der Waals surface area contributed by atoms with Crippen LogP contribution in [0.5, 0.6) is 0 Å². The molecule has 82 valence electrons. The Hall–Kier alpha value is -0.260. The molecule has 0 aliphatic heterocycles. The molecule has 0 aromatic rings. The van der Waals surface area contributed by atoms with Crippen LogP contribution in [0, 0.1) is 10.8 Å². The Morgan fingerprint density at radius 3 is 1.14 bits per heavy atom. The van der Waals surface area contributed by atoms with Gasteiger partial charge in [-0.05, 0) is 36.5 Å². The molecule has 1 rings (SSSR count). The lowest BCUT2D eigenvalue weighted by Crippen LogP contribution is -2.22. The van der Waals surface area contributed by atoms with Gasteiger partial charge >= 0.3 is 0 Å². The summed E-state index contributed by atoms with van der Waals surface area (Å²) in [5.74, 6) is 0. The highest BCUT2D eigenvalue weighted by atomic mass is 14.3. The van der Waals surface area contributed by atoms with Gasteiger partial charge in [-0.2, -0.15) is 0 Å². The molecule has 0 atom stereocenters. The van der Waals surface area contributed by atoms with Crippen molar-refractivity contribution >= 4 is 0 Å². The molecule has 0 heterocycles. The first-order chi connectivity index (χ1) is 6.23. The molecule has 0 bridgehead atoms. The fraction of sp³-hybridized carbons (Fsp3) is 0.857. The van der Waals surface area contributed by atoms with Crippen LogP contribution in [0.1, 0.15) is 67.2 Å². The van der Waals surface area contributed by atoms with Gasteiger partial charge in [0.2, 0.25) is 0 Å². The van der Waals surface area contributed by atoms with Crippen LogP contribution in [-0.2, 0) is 0 Å². The van der Waals surface area contributed by atoms with Gasteiger partial charge in [-0.15, -0.1) is 0 Å². The Morgan fingerprint density at radius 1 is 0.643 bits per heavy atom. The first-order valence-corrected chi connectivity index (χ1v) is 5.96. The van der Waals surface area contributed by atoms with Gasteiger partial charge in [-0.3, -0.25) is 0 Å². The molecule has 0 N–H and O–H groups in total. The second kappa shape index (κ2) is 3.72. The maximum Gasteiger partial charge on any atom is -0.0170 e. The number of hydrogen-bond acceptors (Lipinski definition) is 0. The summed E-state index contributed by atoms with van der Waals surface area (Å²) < 4.78 is 0. The molecule has 0 spiro atoms. The summed E-state index contributed by atoms with van der Waals surface area (Å²) in [5, 5.41) is 0. The molecule has 0 heteroatoms. The molecule has 0 aromatic carbocycles. The minimum absolute atomic E-state index is 0.378. The van der Waals surface area contributed by atoms with E-state index in [1.54, 1.807) is 11.1 Å².